The molecule has 1 aliphatic carbocycles. The summed E-state index contributed by atoms with van der Waals surface area (Å²) < 4.78 is 5.68. The molecule has 3 rings (SSSR count). The summed E-state index contributed by atoms with van der Waals surface area (Å²) in [5.74, 6) is 0.543. The van der Waals surface area contributed by atoms with E-state index in [0.717, 1.165) is 24.1 Å². The standard InChI is InChI=1S/C20H28N2O3/c1-21-17-10-6-5-9-16(17)18(25-2)11-12-22(14-20(21)24)19(23)13-15-7-3-4-8-15/h5-6,9-10,15,18H,3-4,7-8,11-14H2,1-2H3. The van der Waals surface area contributed by atoms with Crippen molar-refractivity contribution in [2.45, 2.75) is 44.6 Å². The van der Waals surface area contributed by atoms with Crippen LogP contribution in [0.1, 0.15) is 50.2 Å². The van der Waals surface area contributed by atoms with Gasteiger partial charge in [0.25, 0.3) is 0 Å². The Kier molecular flexibility index (Phi) is 5.74. The summed E-state index contributed by atoms with van der Waals surface area (Å²) >= 11 is 0. The zero-order chi connectivity index (χ0) is 17.8. The summed E-state index contributed by atoms with van der Waals surface area (Å²) in [6.45, 7) is 0.699. The molecule has 1 aliphatic heterocycles. The maximum atomic E-state index is 12.8. The first-order valence-corrected chi connectivity index (χ1v) is 9.26. The molecule has 2 aliphatic rings. The van der Waals surface area contributed by atoms with E-state index >= 15 is 0 Å². The molecule has 1 saturated carbocycles. The first-order valence-electron chi connectivity index (χ1n) is 9.26. The summed E-state index contributed by atoms with van der Waals surface area (Å²) in [7, 11) is 3.46. The van der Waals surface area contributed by atoms with Crippen LogP contribution >= 0.6 is 0 Å². The fraction of sp³-hybridized carbons (Fsp3) is 0.600. The molecule has 0 N–H and O–H groups in total. The summed E-state index contributed by atoms with van der Waals surface area (Å²) in [5, 5.41) is 0. The second kappa shape index (κ2) is 8.00. The van der Waals surface area contributed by atoms with E-state index in [1.165, 1.54) is 12.8 Å². The van der Waals surface area contributed by atoms with Crippen molar-refractivity contribution in [2.24, 2.45) is 5.92 Å². The SMILES string of the molecule is COC1CCN(C(=O)CC2CCCC2)CC(=O)N(C)c2ccccc21. The number of benzene rings is 1. The van der Waals surface area contributed by atoms with Crippen LogP contribution in [0.2, 0.25) is 0 Å². The Labute approximate surface area is 149 Å². The minimum atomic E-state index is -0.119. The normalized spacial score (nSPS) is 22.3. The van der Waals surface area contributed by atoms with Crippen LogP contribution in [0.3, 0.4) is 0 Å². The van der Waals surface area contributed by atoms with Crippen molar-refractivity contribution >= 4 is 17.5 Å². The molecule has 0 bridgehead atoms. The van der Waals surface area contributed by atoms with Crippen molar-refractivity contribution in [1.29, 1.82) is 0 Å². The monoisotopic (exact) mass is 344 g/mol. The number of anilines is 1. The summed E-state index contributed by atoms with van der Waals surface area (Å²) in [6.07, 6.45) is 5.87. The van der Waals surface area contributed by atoms with E-state index in [0.29, 0.717) is 25.3 Å². The van der Waals surface area contributed by atoms with Gasteiger partial charge in [0.2, 0.25) is 11.8 Å². The molecule has 5 heteroatoms. The van der Waals surface area contributed by atoms with Crippen molar-refractivity contribution in [3.05, 3.63) is 29.8 Å². The molecule has 0 aromatic heterocycles. The van der Waals surface area contributed by atoms with Crippen molar-refractivity contribution in [3.63, 3.8) is 0 Å². The van der Waals surface area contributed by atoms with Crippen LogP contribution in [0.15, 0.2) is 24.3 Å². The van der Waals surface area contributed by atoms with Crippen LogP contribution in [0.4, 0.5) is 5.69 Å². The molecule has 0 saturated heterocycles. The lowest BCUT2D eigenvalue weighted by Crippen LogP contribution is -2.42. The zero-order valence-electron chi connectivity index (χ0n) is 15.2. The van der Waals surface area contributed by atoms with Crippen LogP contribution in [-0.2, 0) is 14.3 Å². The number of carbonyl (C=O) groups is 2. The van der Waals surface area contributed by atoms with Crippen LogP contribution in [0.5, 0.6) is 0 Å². The van der Waals surface area contributed by atoms with Gasteiger partial charge in [-0.2, -0.15) is 0 Å². The highest BCUT2D eigenvalue weighted by Crippen LogP contribution is 2.32. The summed E-state index contributed by atoms with van der Waals surface area (Å²) in [6, 6.07) is 7.83. The molecule has 1 atom stereocenters. The van der Waals surface area contributed by atoms with Gasteiger partial charge in [-0.05, 0) is 31.2 Å². The Balaban J connectivity index is 1.79. The number of hydrogen-bond donors (Lipinski definition) is 0. The van der Waals surface area contributed by atoms with E-state index in [2.05, 4.69) is 0 Å². The minimum absolute atomic E-state index is 0.0519. The lowest BCUT2D eigenvalue weighted by atomic mass is 10.0. The van der Waals surface area contributed by atoms with Crippen LogP contribution < -0.4 is 4.90 Å². The maximum absolute atomic E-state index is 12.8. The lowest BCUT2D eigenvalue weighted by molar-refractivity contribution is -0.136. The first-order chi connectivity index (χ1) is 12.1. The van der Waals surface area contributed by atoms with E-state index in [1.807, 2.05) is 24.3 Å². The third-order valence-electron chi connectivity index (χ3n) is 5.58. The van der Waals surface area contributed by atoms with Crippen molar-refractivity contribution in [1.82, 2.24) is 4.90 Å². The maximum Gasteiger partial charge on any atom is 0.246 e. The highest BCUT2D eigenvalue weighted by Gasteiger charge is 2.28. The Hall–Kier alpha value is -1.88. The smallest absolute Gasteiger partial charge is 0.246 e. The molecule has 136 valence electrons. The fourth-order valence-corrected chi connectivity index (χ4v) is 4.02. The third-order valence-corrected chi connectivity index (χ3v) is 5.58. The van der Waals surface area contributed by atoms with E-state index in [-0.39, 0.29) is 24.5 Å². The van der Waals surface area contributed by atoms with E-state index in [9.17, 15) is 9.59 Å². The summed E-state index contributed by atoms with van der Waals surface area (Å²) in [4.78, 5) is 28.9. The van der Waals surface area contributed by atoms with Gasteiger partial charge in [-0.25, -0.2) is 0 Å². The quantitative estimate of drug-likeness (QED) is 0.846. The Morgan fingerprint density at radius 2 is 1.92 bits per heavy atom. The molecule has 2 amide bonds. The number of rotatable bonds is 3. The number of methoxy groups -OCH3 is 1. The lowest BCUT2D eigenvalue weighted by Gasteiger charge is -2.25. The average Bonchev–Trinajstić information content (AvgIpc) is 3.14. The van der Waals surface area contributed by atoms with Gasteiger partial charge >= 0.3 is 0 Å². The van der Waals surface area contributed by atoms with Gasteiger partial charge < -0.3 is 14.5 Å². The average molecular weight is 344 g/mol. The number of carbonyl (C=O) groups excluding carboxylic acids is 2. The summed E-state index contributed by atoms with van der Waals surface area (Å²) in [5.41, 5.74) is 1.87. The van der Waals surface area contributed by atoms with Gasteiger partial charge in [0, 0.05) is 38.4 Å². The highest BCUT2D eigenvalue weighted by atomic mass is 16.5. The highest BCUT2D eigenvalue weighted by molar-refractivity contribution is 5.97. The predicted molar refractivity (Wildman–Crippen MR) is 97.4 cm³/mol. The Morgan fingerprint density at radius 3 is 2.64 bits per heavy atom. The van der Waals surface area contributed by atoms with E-state index in [1.54, 1.807) is 24.0 Å². The van der Waals surface area contributed by atoms with Crippen LogP contribution in [0.25, 0.3) is 0 Å². The molecule has 1 heterocycles. The number of hydrogen-bond acceptors (Lipinski definition) is 3. The number of fused-ring (bicyclic) bond motifs is 1. The Bertz CT molecular complexity index is 625. The number of likely N-dealkylation sites (N-methyl/N-ethyl adjacent to an activating group) is 1. The molecule has 25 heavy (non-hydrogen) atoms. The molecular weight excluding hydrogens is 316 g/mol. The second-order valence-electron chi connectivity index (χ2n) is 7.19. The molecule has 1 aromatic rings. The molecule has 0 spiro atoms. The number of nitrogens with zero attached hydrogens (tertiary/aromatic N) is 2. The van der Waals surface area contributed by atoms with Crippen molar-refractivity contribution in [3.8, 4) is 0 Å². The number of amides is 2. The number of para-hydroxylation sites is 1. The molecule has 1 fully saturated rings. The largest absolute Gasteiger partial charge is 0.377 e. The molecular formula is C20H28N2O3. The minimum Gasteiger partial charge on any atom is -0.377 e. The topological polar surface area (TPSA) is 49.9 Å². The molecule has 5 nitrogen and oxygen atoms in total. The van der Waals surface area contributed by atoms with Gasteiger partial charge in [-0.1, -0.05) is 31.0 Å². The van der Waals surface area contributed by atoms with Gasteiger partial charge in [0.05, 0.1) is 6.10 Å². The molecule has 1 aromatic carbocycles. The van der Waals surface area contributed by atoms with Crippen molar-refractivity contribution < 1.29 is 14.3 Å². The first kappa shape index (κ1) is 17.9. The van der Waals surface area contributed by atoms with Gasteiger partial charge in [0.1, 0.15) is 6.54 Å². The van der Waals surface area contributed by atoms with Crippen LogP contribution in [-0.4, -0.2) is 44.0 Å². The Morgan fingerprint density at radius 1 is 1.20 bits per heavy atom. The third kappa shape index (κ3) is 4.03. The van der Waals surface area contributed by atoms with Gasteiger partial charge in [-0.3, -0.25) is 9.59 Å². The van der Waals surface area contributed by atoms with E-state index in [4.69, 9.17) is 4.74 Å². The van der Waals surface area contributed by atoms with Crippen LogP contribution in [0, 0.1) is 5.92 Å². The molecule has 0 radical (unpaired) electrons. The zero-order valence-corrected chi connectivity index (χ0v) is 15.2. The molecule has 1 unspecified atom stereocenters. The fourth-order valence-electron chi connectivity index (χ4n) is 4.02. The van der Waals surface area contributed by atoms with Crippen molar-refractivity contribution in [2.75, 3.05) is 32.1 Å². The van der Waals surface area contributed by atoms with E-state index < -0.39 is 0 Å². The van der Waals surface area contributed by atoms with Gasteiger partial charge in [-0.15, -0.1) is 0 Å². The number of ether oxygens (including phenoxy) is 1. The predicted octanol–water partition coefficient (Wildman–Crippen LogP) is 3.15. The second-order valence-corrected chi connectivity index (χ2v) is 7.19. The van der Waals surface area contributed by atoms with Gasteiger partial charge in [0.15, 0.2) is 0 Å².